The maximum Gasteiger partial charge on any atom is 0.266 e. The second-order valence-corrected chi connectivity index (χ2v) is 8.27. The number of hydrogen-bond acceptors (Lipinski definition) is 3. The summed E-state index contributed by atoms with van der Waals surface area (Å²) in [5, 5.41) is 0. The molecular weight excluding hydrogens is 342 g/mol. The molecule has 0 aromatic heterocycles. The van der Waals surface area contributed by atoms with Gasteiger partial charge in [0, 0.05) is 10.5 Å². The average molecular weight is 365 g/mol. The minimum Gasteiger partial charge on any atom is -0.268 e. The van der Waals surface area contributed by atoms with E-state index in [1.54, 1.807) is 0 Å². The molecular formula is C22H23NO2S. The summed E-state index contributed by atoms with van der Waals surface area (Å²) in [6.07, 6.45) is 8.45. The molecule has 2 aliphatic rings. The van der Waals surface area contributed by atoms with Crippen LogP contribution in [0.25, 0.3) is 6.08 Å². The second kappa shape index (κ2) is 6.76. The molecule has 3 nitrogen and oxygen atoms in total. The summed E-state index contributed by atoms with van der Waals surface area (Å²) >= 11 is 1.51. The first-order valence-corrected chi connectivity index (χ1v) is 9.81. The number of thioether (sulfide) groups is 1. The van der Waals surface area contributed by atoms with Crippen LogP contribution in [0.4, 0.5) is 0 Å². The zero-order chi connectivity index (χ0) is 19.1. The molecule has 1 aliphatic carbocycles. The number of fused-ring (bicyclic) bond motifs is 1. The van der Waals surface area contributed by atoms with Gasteiger partial charge < -0.3 is 0 Å². The van der Waals surface area contributed by atoms with Gasteiger partial charge in [0.05, 0.1) is 11.3 Å². The van der Waals surface area contributed by atoms with Gasteiger partial charge in [0.25, 0.3) is 11.8 Å². The lowest BCUT2D eigenvalue weighted by molar-refractivity contribution is -0.133. The predicted octanol–water partition coefficient (Wildman–Crippen LogP) is 4.73. The van der Waals surface area contributed by atoms with E-state index in [4.69, 9.17) is 0 Å². The number of rotatable bonds is 2. The first-order chi connectivity index (χ1) is 12.3. The minimum atomic E-state index is -0.337. The number of nitrogens with zero attached hydrogens (tertiary/aromatic N) is 1. The van der Waals surface area contributed by atoms with E-state index in [0.717, 1.165) is 16.9 Å². The number of imide groups is 1. The highest BCUT2D eigenvalue weighted by Crippen LogP contribution is 2.42. The maximum absolute atomic E-state index is 13.2. The van der Waals surface area contributed by atoms with Crippen LogP contribution in [0.1, 0.15) is 31.9 Å². The summed E-state index contributed by atoms with van der Waals surface area (Å²) in [4.78, 5) is 28.2. The Labute approximate surface area is 159 Å². The van der Waals surface area contributed by atoms with Crippen LogP contribution >= 0.6 is 11.8 Å². The lowest BCUT2D eigenvalue weighted by Gasteiger charge is -2.23. The van der Waals surface area contributed by atoms with Crippen LogP contribution in [-0.4, -0.2) is 23.0 Å². The van der Waals surface area contributed by atoms with E-state index < -0.39 is 0 Å². The van der Waals surface area contributed by atoms with Crippen LogP contribution in [0, 0.1) is 5.41 Å². The van der Waals surface area contributed by atoms with E-state index in [-0.39, 0.29) is 22.8 Å². The fourth-order valence-electron chi connectivity index (χ4n) is 3.34. The summed E-state index contributed by atoms with van der Waals surface area (Å²) in [6.45, 7) is 10.1. The van der Waals surface area contributed by atoms with E-state index >= 15 is 0 Å². The third-order valence-corrected chi connectivity index (χ3v) is 5.76. The Morgan fingerprint density at radius 2 is 1.85 bits per heavy atom. The molecule has 0 radical (unpaired) electrons. The van der Waals surface area contributed by atoms with Crippen molar-refractivity contribution >= 4 is 29.7 Å². The molecule has 26 heavy (non-hydrogen) atoms. The van der Waals surface area contributed by atoms with Gasteiger partial charge in [0.2, 0.25) is 0 Å². The fourth-order valence-corrected chi connectivity index (χ4v) is 4.37. The number of amides is 2. The van der Waals surface area contributed by atoms with Gasteiger partial charge in [-0.25, -0.2) is 4.90 Å². The van der Waals surface area contributed by atoms with Crippen LogP contribution < -0.4 is 0 Å². The molecule has 1 fully saturated rings. The number of carbonyl (C=O) groups excluding carboxylic acids is 2. The standard InChI is InChI=1S/C22H23NO2S/c1-14-18(19(26-5)22(2,3)4)21(25)23(20(14)24)17-12-8-11-15-9-6-7-10-16(15)13-17/h6-10,12-13H,1,11H2,2-5H3/b19-18+. The van der Waals surface area contributed by atoms with Gasteiger partial charge in [0.15, 0.2) is 0 Å². The first-order valence-electron chi connectivity index (χ1n) is 8.58. The van der Waals surface area contributed by atoms with Crippen molar-refractivity contribution in [2.75, 3.05) is 6.26 Å². The molecule has 4 heteroatoms. The molecule has 0 atom stereocenters. The van der Waals surface area contributed by atoms with Crippen LogP contribution in [0.2, 0.25) is 0 Å². The Kier molecular flexibility index (Phi) is 4.80. The normalized spacial score (nSPS) is 19.5. The molecule has 0 bridgehead atoms. The van der Waals surface area contributed by atoms with Crippen molar-refractivity contribution in [3.63, 3.8) is 0 Å². The van der Waals surface area contributed by atoms with Crippen molar-refractivity contribution < 1.29 is 9.59 Å². The third kappa shape index (κ3) is 3.10. The van der Waals surface area contributed by atoms with Gasteiger partial charge in [0.1, 0.15) is 0 Å². The van der Waals surface area contributed by atoms with E-state index in [1.807, 2.05) is 63.5 Å². The summed E-state index contributed by atoms with van der Waals surface area (Å²) in [5.41, 5.74) is 3.28. The van der Waals surface area contributed by atoms with Crippen LogP contribution in [0.15, 0.2) is 64.7 Å². The molecule has 0 saturated carbocycles. The van der Waals surface area contributed by atoms with E-state index in [2.05, 4.69) is 12.6 Å². The molecule has 0 N–H and O–H groups in total. The van der Waals surface area contributed by atoms with Crippen molar-refractivity contribution in [3.8, 4) is 0 Å². The first kappa shape index (κ1) is 18.5. The molecule has 3 rings (SSSR count). The Morgan fingerprint density at radius 1 is 1.15 bits per heavy atom. The fraction of sp³-hybridized carbons (Fsp3) is 0.273. The number of carbonyl (C=O) groups is 2. The Balaban J connectivity index is 2.12. The summed E-state index contributed by atoms with van der Waals surface area (Å²) < 4.78 is 0. The smallest absolute Gasteiger partial charge is 0.266 e. The number of hydrogen-bond donors (Lipinski definition) is 0. The van der Waals surface area contributed by atoms with Gasteiger partial charge in [-0.3, -0.25) is 9.59 Å². The average Bonchev–Trinajstić information content (AvgIpc) is 2.74. The zero-order valence-corrected chi connectivity index (χ0v) is 16.4. The molecule has 2 amide bonds. The highest BCUT2D eigenvalue weighted by Gasteiger charge is 2.42. The van der Waals surface area contributed by atoms with Gasteiger partial charge in [-0.15, -0.1) is 11.8 Å². The van der Waals surface area contributed by atoms with Crippen molar-refractivity contribution in [1.82, 2.24) is 4.90 Å². The zero-order valence-electron chi connectivity index (χ0n) is 15.6. The Hall–Kier alpha value is -2.33. The van der Waals surface area contributed by atoms with Gasteiger partial charge in [-0.2, -0.15) is 0 Å². The second-order valence-electron chi connectivity index (χ2n) is 7.46. The van der Waals surface area contributed by atoms with Crippen molar-refractivity contribution in [3.05, 3.63) is 75.9 Å². The molecule has 1 heterocycles. The third-order valence-electron chi connectivity index (χ3n) is 4.54. The van der Waals surface area contributed by atoms with Crippen LogP contribution in [0.5, 0.6) is 0 Å². The number of benzene rings is 1. The molecule has 0 unspecified atom stereocenters. The van der Waals surface area contributed by atoms with Gasteiger partial charge in [-0.05, 0) is 41.4 Å². The predicted molar refractivity (Wildman–Crippen MR) is 108 cm³/mol. The molecule has 134 valence electrons. The lowest BCUT2D eigenvalue weighted by Crippen LogP contribution is -2.28. The van der Waals surface area contributed by atoms with E-state index in [9.17, 15) is 9.59 Å². The molecule has 1 saturated heterocycles. The number of likely N-dealkylation sites (tertiary alicyclic amines) is 1. The van der Waals surface area contributed by atoms with E-state index in [1.165, 1.54) is 22.2 Å². The lowest BCUT2D eigenvalue weighted by atomic mass is 9.91. The van der Waals surface area contributed by atoms with Crippen molar-refractivity contribution in [2.45, 2.75) is 27.2 Å². The molecule has 1 aromatic carbocycles. The van der Waals surface area contributed by atoms with Gasteiger partial charge in [-0.1, -0.05) is 57.7 Å². The van der Waals surface area contributed by atoms with Crippen molar-refractivity contribution in [1.29, 1.82) is 0 Å². The SMILES string of the molecule is C=C1C(=O)N(C2=Cc3ccccc3CC=C2)C(=O)/C1=C(/SC)C(C)(C)C. The molecule has 0 spiro atoms. The molecule has 1 aliphatic heterocycles. The number of allylic oxidation sites excluding steroid dienone is 3. The minimum absolute atomic E-state index is 0.232. The monoisotopic (exact) mass is 365 g/mol. The summed E-state index contributed by atoms with van der Waals surface area (Å²) in [6, 6.07) is 8.01. The van der Waals surface area contributed by atoms with Crippen molar-refractivity contribution in [2.24, 2.45) is 5.41 Å². The largest absolute Gasteiger partial charge is 0.268 e. The Bertz CT molecular complexity index is 897. The summed E-state index contributed by atoms with van der Waals surface area (Å²) in [7, 11) is 0. The summed E-state index contributed by atoms with van der Waals surface area (Å²) in [5.74, 6) is -0.620. The van der Waals surface area contributed by atoms with Crippen LogP contribution in [0.3, 0.4) is 0 Å². The van der Waals surface area contributed by atoms with Crippen LogP contribution in [-0.2, 0) is 16.0 Å². The highest BCUT2D eigenvalue weighted by atomic mass is 32.2. The Morgan fingerprint density at radius 3 is 2.50 bits per heavy atom. The van der Waals surface area contributed by atoms with Gasteiger partial charge >= 0.3 is 0 Å². The highest BCUT2D eigenvalue weighted by molar-refractivity contribution is 8.02. The topological polar surface area (TPSA) is 37.4 Å². The molecule has 1 aromatic rings. The quantitative estimate of drug-likeness (QED) is 0.562. The maximum atomic E-state index is 13.2. The van der Waals surface area contributed by atoms with E-state index in [0.29, 0.717) is 11.3 Å².